The quantitative estimate of drug-likeness (QED) is 0.604. The fourth-order valence-corrected chi connectivity index (χ4v) is 1.46. The first-order valence-corrected chi connectivity index (χ1v) is 5.13. The Morgan fingerprint density at radius 1 is 1.57 bits per heavy atom. The van der Waals surface area contributed by atoms with Crippen LogP contribution in [0.2, 0.25) is 0 Å². The lowest BCUT2D eigenvalue weighted by Crippen LogP contribution is -2.13. The van der Waals surface area contributed by atoms with Crippen LogP contribution in [0.3, 0.4) is 0 Å². The number of hydrogen-bond acceptors (Lipinski definition) is 3. The van der Waals surface area contributed by atoms with Crippen LogP contribution < -0.4 is 0 Å². The summed E-state index contributed by atoms with van der Waals surface area (Å²) in [4.78, 5) is 15.5. The van der Waals surface area contributed by atoms with Gasteiger partial charge in [-0.15, -0.1) is 0 Å². The molecule has 0 aliphatic heterocycles. The normalized spacial score (nSPS) is 10.4. The lowest BCUT2D eigenvalue weighted by atomic mass is 10.2. The standard InChI is InChI=1S/C10H12BrNO2/c1-6(2)14-10(13)8-5-12-9(11)4-7(8)3/h4-6H,1-3H3. The van der Waals surface area contributed by atoms with Crippen molar-refractivity contribution in [2.75, 3.05) is 0 Å². The minimum atomic E-state index is -0.322. The van der Waals surface area contributed by atoms with Gasteiger partial charge in [-0.05, 0) is 48.3 Å². The van der Waals surface area contributed by atoms with Crippen molar-refractivity contribution in [2.45, 2.75) is 26.9 Å². The fraction of sp³-hybridized carbons (Fsp3) is 0.400. The highest BCUT2D eigenvalue weighted by Crippen LogP contribution is 2.14. The SMILES string of the molecule is Cc1cc(Br)ncc1C(=O)OC(C)C. The maximum atomic E-state index is 11.5. The molecule has 0 amide bonds. The van der Waals surface area contributed by atoms with Gasteiger partial charge in [0.2, 0.25) is 0 Å². The molecule has 0 aliphatic rings. The maximum Gasteiger partial charge on any atom is 0.340 e. The highest BCUT2D eigenvalue weighted by Gasteiger charge is 2.12. The van der Waals surface area contributed by atoms with Crippen molar-refractivity contribution in [3.8, 4) is 0 Å². The topological polar surface area (TPSA) is 39.2 Å². The van der Waals surface area contributed by atoms with Gasteiger partial charge < -0.3 is 4.74 Å². The molecule has 0 spiro atoms. The van der Waals surface area contributed by atoms with Crippen molar-refractivity contribution in [3.05, 3.63) is 28.0 Å². The van der Waals surface area contributed by atoms with E-state index >= 15 is 0 Å². The molecule has 3 nitrogen and oxygen atoms in total. The number of carbonyl (C=O) groups excluding carboxylic acids is 1. The lowest BCUT2D eigenvalue weighted by molar-refractivity contribution is 0.0376. The molecule has 0 aliphatic carbocycles. The second-order valence-corrected chi connectivity index (χ2v) is 4.09. The number of rotatable bonds is 2. The van der Waals surface area contributed by atoms with Gasteiger partial charge in [-0.3, -0.25) is 0 Å². The van der Waals surface area contributed by atoms with Crippen LogP contribution in [0.4, 0.5) is 0 Å². The Morgan fingerprint density at radius 2 is 2.21 bits per heavy atom. The molecule has 0 saturated heterocycles. The van der Waals surface area contributed by atoms with Crippen LogP contribution >= 0.6 is 15.9 Å². The highest BCUT2D eigenvalue weighted by molar-refractivity contribution is 9.10. The van der Waals surface area contributed by atoms with Gasteiger partial charge in [0.15, 0.2) is 0 Å². The number of ether oxygens (including phenoxy) is 1. The van der Waals surface area contributed by atoms with E-state index in [1.165, 1.54) is 6.20 Å². The van der Waals surface area contributed by atoms with Crippen LogP contribution in [0.5, 0.6) is 0 Å². The third-order valence-electron chi connectivity index (χ3n) is 1.64. The van der Waals surface area contributed by atoms with Gasteiger partial charge in [0.05, 0.1) is 11.7 Å². The molecule has 4 heteroatoms. The zero-order valence-corrected chi connectivity index (χ0v) is 9.96. The Balaban J connectivity index is 2.90. The smallest absolute Gasteiger partial charge is 0.340 e. The predicted octanol–water partition coefficient (Wildman–Crippen LogP) is 2.72. The summed E-state index contributed by atoms with van der Waals surface area (Å²) in [6.45, 7) is 5.49. The summed E-state index contributed by atoms with van der Waals surface area (Å²) in [6.07, 6.45) is 1.41. The minimum Gasteiger partial charge on any atom is -0.459 e. The average molecular weight is 258 g/mol. The van der Waals surface area contributed by atoms with Gasteiger partial charge in [-0.25, -0.2) is 9.78 Å². The maximum absolute atomic E-state index is 11.5. The average Bonchev–Trinajstić information content (AvgIpc) is 2.01. The first kappa shape index (κ1) is 11.2. The van der Waals surface area contributed by atoms with E-state index in [4.69, 9.17) is 4.74 Å². The van der Waals surface area contributed by atoms with Crippen LogP contribution in [-0.4, -0.2) is 17.1 Å². The third kappa shape index (κ3) is 2.80. The summed E-state index contributed by atoms with van der Waals surface area (Å²) < 4.78 is 5.78. The zero-order valence-electron chi connectivity index (χ0n) is 8.37. The first-order valence-electron chi connectivity index (χ1n) is 4.34. The molecule has 0 atom stereocenters. The van der Waals surface area contributed by atoms with Gasteiger partial charge in [0.25, 0.3) is 0 Å². The van der Waals surface area contributed by atoms with Crippen molar-refractivity contribution in [1.29, 1.82) is 0 Å². The van der Waals surface area contributed by atoms with Crippen LogP contribution in [0, 0.1) is 6.92 Å². The van der Waals surface area contributed by atoms with Gasteiger partial charge in [0.1, 0.15) is 4.60 Å². The Hall–Kier alpha value is -0.900. The lowest BCUT2D eigenvalue weighted by Gasteiger charge is -2.09. The molecule has 1 aromatic heterocycles. The largest absolute Gasteiger partial charge is 0.459 e. The van der Waals surface area contributed by atoms with Gasteiger partial charge in [-0.1, -0.05) is 0 Å². The zero-order chi connectivity index (χ0) is 10.7. The Kier molecular flexibility index (Phi) is 3.63. The Morgan fingerprint density at radius 3 is 2.71 bits per heavy atom. The molecule has 76 valence electrons. The van der Waals surface area contributed by atoms with E-state index in [1.807, 2.05) is 20.8 Å². The number of hydrogen-bond donors (Lipinski definition) is 0. The van der Waals surface area contributed by atoms with E-state index in [0.29, 0.717) is 5.56 Å². The molecule has 0 saturated carbocycles. The molecule has 0 fully saturated rings. The molecule has 14 heavy (non-hydrogen) atoms. The summed E-state index contributed by atoms with van der Waals surface area (Å²) >= 11 is 3.23. The van der Waals surface area contributed by atoms with Crippen molar-refractivity contribution in [3.63, 3.8) is 0 Å². The number of pyridine rings is 1. The molecular weight excluding hydrogens is 246 g/mol. The van der Waals surface area contributed by atoms with Crippen molar-refractivity contribution in [1.82, 2.24) is 4.98 Å². The van der Waals surface area contributed by atoms with Gasteiger partial charge >= 0.3 is 5.97 Å². The number of nitrogens with zero attached hydrogens (tertiary/aromatic N) is 1. The molecule has 0 radical (unpaired) electrons. The first-order chi connectivity index (χ1) is 6.50. The second kappa shape index (κ2) is 4.55. The van der Waals surface area contributed by atoms with Crippen molar-refractivity contribution < 1.29 is 9.53 Å². The highest BCUT2D eigenvalue weighted by atomic mass is 79.9. The van der Waals surface area contributed by atoms with E-state index < -0.39 is 0 Å². The molecule has 1 aromatic rings. The van der Waals surface area contributed by atoms with E-state index in [9.17, 15) is 4.79 Å². The molecule has 0 unspecified atom stereocenters. The van der Waals surface area contributed by atoms with Crippen LogP contribution in [-0.2, 0) is 4.74 Å². The molecule has 0 aromatic carbocycles. The van der Waals surface area contributed by atoms with Crippen LogP contribution in [0.15, 0.2) is 16.9 Å². The fourth-order valence-electron chi connectivity index (χ4n) is 1.01. The third-order valence-corrected chi connectivity index (χ3v) is 2.07. The van der Waals surface area contributed by atoms with E-state index in [0.717, 1.165) is 10.2 Å². The van der Waals surface area contributed by atoms with E-state index in [2.05, 4.69) is 20.9 Å². The summed E-state index contributed by atoms with van der Waals surface area (Å²) in [7, 11) is 0. The predicted molar refractivity (Wildman–Crippen MR) is 57.2 cm³/mol. The van der Waals surface area contributed by atoms with E-state index in [1.54, 1.807) is 6.07 Å². The number of halogens is 1. The minimum absolute atomic E-state index is 0.106. The molecule has 1 rings (SSSR count). The summed E-state index contributed by atoms with van der Waals surface area (Å²) in [5, 5.41) is 0. The summed E-state index contributed by atoms with van der Waals surface area (Å²) in [6, 6.07) is 1.79. The van der Waals surface area contributed by atoms with E-state index in [-0.39, 0.29) is 12.1 Å². The molecule has 0 N–H and O–H groups in total. The summed E-state index contributed by atoms with van der Waals surface area (Å²) in [5.41, 5.74) is 1.37. The van der Waals surface area contributed by atoms with Gasteiger partial charge in [-0.2, -0.15) is 0 Å². The summed E-state index contributed by atoms with van der Waals surface area (Å²) in [5.74, 6) is -0.322. The van der Waals surface area contributed by atoms with Crippen LogP contribution in [0.25, 0.3) is 0 Å². The molecule has 0 bridgehead atoms. The Bertz CT molecular complexity index is 350. The number of esters is 1. The van der Waals surface area contributed by atoms with Gasteiger partial charge in [0, 0.05) is 6.20 Å². The Labute approximate surface area is 91.6 Å². The number of aryl methyl sites for hydroxylation is 1. The molecular formula is C10H12BrNO2. The number of carbonyl (C=O) groups is 1. The number of aromatic nitrogens is 1. The van der Waals surface area contributed by atoms with Crippen molar-refractivity contribution >= 4 is 21.9 Å². The molecule has 1 heterocycles. The second-order valence-electron chi connectivity index (χ2n) is 3.28. The monoisotopic (exact) mass is 257 g/mol. The van der Waals surface area contributed by atoms with Crippen LogP contribution in [0.1, 0.15) is 29.8 Å². The van der Waals surface area contributed by atoms with Crippen molar-refractivity contribution in [2.24, 2.45) is 0 Å².